The van der Waals surface area contributed by atoms with Crippen LogP contribution < -0.4 is 0 Å². The molecule has 0 aromatic heterocycles. The molecule has 0 unspecified atom stereocenters. The van der Waals surface area contributed by atoms with E-state index in [-0.39, 0.29) is 23.5 Å². The molecule has 0 fully saturated rings. The first-order valence-electron chi connectivity index (χ1n) is 4.92. The molecule has 1 aromatic carbocycles. The molecule has 0 spiro atoms. The number of nitro benzene ring substituents is 1. The normalized spacial score (nSPS) is 11.8. The molecule has 1 rings (SSSR count). The number of ketones is 1. The number of nitro groups is 1. The van der Waals surface area contributed by atoms with Crippen molar-refractivity contribution in [3.05, 3.63) is 39.9 Å². The van der Waals surface area contributed by atoms with Crippen molar-refractivity contribution in [2.24, 2.45) is 5.92 Å². The molecule has 0 aliphatic rings. The lowest BCUT2D eigenvalue weighted by Gasteiger charge is -2.04. The first-order chi connectivity index (χ1) is 7.91. The zero-order valence-corrected chi connectivity index (χ0v) is 9.12. The van der Waals surface area contributed by atoms with E-state index in [0.29, 0.717) is 0 Å². The fraction of sp³-hybridized carbons (Fsp3) is 0.273. The van der Waals surface area contributed by atoms with Gasteiger partial charge in [0.1, 0.15) is 0 Å². The summed E-state index contributed by atoms with van der Waals surface area (Å²) in [5, 5.41) is 19.0. The molecule has 1 atom stereocenters. The van der Waals surface area contributed by atoms with Crippen LogP contribution in [0.3, 0.4) is 0 Å². The van der Waals surface area contributed by atoms with Crippen molar-refractivity contribution in [2.75, 3.05) is 0 Å². The maximum atomic E-state index is 11.6. The number of nitrogens with zero attached hydrogens (tertiary/aromatic N) is 1. The van der Waals surface area contributed by atoms with Crippen molar-refractivity contribution in [3.8, 4) is 0 Å². The van der Waals surface area contributed by atoms with Gasteiger partial charge in [0, 0.05) is 24.1 Å². The molecule has 0 aliphatic carbocycles. The highest BCUT2D eigenvalue weighted by Gasteiger charge is 2.17. The predicted molar refractivity (Wildman–Crippen MR) is 58.8 cm³/mol. The van der Waals surface area contributed by atoms with Crippen LogP contribution in [-0.2, 0) is 4.79 Å². The lowest BCUT2D eigenvalue weighted by Crippen LogP contribution is -2.14. The first kappa shape index (κ1) is 12.8. The Bertz CT molecular complexity index is 451. The highest BCUT2D eigenvalue weighted by molar-refractivity contribution is 5.98. The van der Waals surface area contributed by atoms with Gasteiger partial charge in [0.2, 0.25) is 0 Å². The quantitative estimate of drug-likeness (QED) is 0.479. The monoisotopic (exact) mass is 237 g/mol. The maximum absolute atomic E-state index is 11.6. The summed E-state index contributed by atoms with van der Waals surface area (Å²) >= 11 is 0. The number of carbonyl (C=O) groups excluding carboxylic acids is 1. The highest BCUT2D eigenvalue weighted by atomic mass is 16.6. The van der Waals surface area contributed by atoms with Gasteiger partial charge in [-0.1, -0.05) is 6.92 Å². The van der Waals surface area contributed by atoms with Gasteiger partial charge in [-0.15, -0.1) is 0 Å². The minimum Gasteiger partial charge on any atom is -0.481 e. The van der Waals surface area contributed by atoms with E-state index in [4.69, 9.17) is 5.11 Å². The van der Waals surface area contributed by atoms with Crippen LogP contribution in [0.25, 0.3) is 0 Å². The van der Waals surface area contributed by atoms with Crippen LogP contribution in [0.15, 0.2) is 24.3 Å². The largest absolute Gasteiger partial charge is 0.481 e. The Balaban J connectivity index is 2.77. The Hall–Kier alpha value is -2.24. The standard InChI is InChI=1S/C11H11NO5/c1-7(11(14)15)6-10(13)8-2-4-9(5-3-8)12(16)17/h2-5,7H,6H2,1H3,(H,14,15)/t7-/m1/s1. The smallest absolute Gasteiger partial charge is 0.306 e. The second kappa shape index (κ2) is 5.20. The third-order valence-electron chi connectivity index (χ3n) is 2.31. The van der Waals surface area contributed by atoms with Crippen LogP contribution in [-0.4, -0.2) is 21.8 Å². The van der Waals surface area contributed by atoms with Crippen molar-refractivity contribution in [3.63, 3.8) is 0 Å². The van der Waals surface area contributed by atoms with E-state index >= 15 is 0 Å². The molecule has 0 saturated carbocycles. The summed E-state index contributed by atoms with van der Waals surface area (Å²) in [6.07, 6.45) is -0.118. The number of hydrogen-bond acceptors (Lipinski definition) is 4. The molecule has 0 radical (unpaired) electrons. The number of aliphatic carboxylic acids is 1. The summed E-state index contributed by atoms with van der Waals surface area (Å²) < 4.78 is 0. The summed E-state index contributed by atoms with van der Waals surface area (Å²) in [5.74, 6) is -2.15. The van der Waals surface area contributed by atoms with E-state index in [1.165, 1.54) is 31.2 Å². The summed E-state index contributed by atoms with van der Waals surface area (Å²) in [7, 11) is 0. The fourth-order valence-electron chi connectivity index (χ4n) is 1.25. The number of Topliss-reactive ketones (excluding diaryl/α,β-unsaturated/α-hetero) is 1. The van der Waals surface area contributed by atoms with Gasteiger partial charge in [-0.2, -0.15) is 0 Å². The SMILES string of the molecule is C[C@H](CC(=O)c1ccc([N+](=O)[O-])cc1)C(=O)O. The van der Waals surface area contributed by atoms with Crippen LogP contribution in [0.5, 0.6) is 0 Å². The molecule has 6 nitrogen and oxygen atoms in total. The van der Waals surface area contributed by atoms with Gasteiger partial charge in [0.05, 0.1) is 10.8 Å². The Morgan fingerprint density at radius 2 is 1.88 bits per heavy atom. The number of rotatable bonds is 5. The van der Waals surface area contributed by atoms with E-state index in [9.17, 15) is 19.7 Å². The Morgan fingerprint density at radius 3 is 2.29 bits per heavy atom. The van der Waals surface area contributed by atoms with E-state index in [1.54, 1.807) is 0 Å². The third-order valence-corrected chi connectivity index (χ3v) is 2.31. The molecule has 6 heteroatoms. The number of hydrogen-bond donors (Lipinski definition) is 1. The Morgan fingerprint density at radius 1 is 1.35 bits per heavy atom. The second-order valence-corrected chi connectivity index (χ2v) is 3.67. The maximum Gasteiger partial charge on any atom is 0.306 e. The van der Waals surface area contributed by atoms with Crippen LogP contribution in [0.4, 0.5) is 5.69 Å². The van der Waals surface area contributed by atoms with E-state index < -0.39 is 16.8 Å². The molecule has 0 saturated heterocycles. The fourth-order valence-corrected chi connectivity index (χ4v) is 1.25. The number of carbonyl (C=O) groups is 2. The summed E-state index contributed by atoms with van der Waals surface area (Å²) in [4.78, 5) is 32.0. The zero-order chi connectivity index (χ0) is 13.0. The van der Waals surface area contributed by atoms with Gasteiger partial charge < -0.3 is 5.11 Å². The van der Waals surface area contributed by atoms with Crippen molar-refractivity contribution in [1.82, 2.24) is 0 Å². The highest BCUT2D eigenvalue weighted by Crippen LogP contribution is 2.15. The molecule has 0 bridgehead atoms. The molecule has 1 aromatic rings. The second-order valence-electron chi connectivity index (χ2n) is 3.67. The predicted octanol–water partition coefficient (Wildman–Crippen LogP) is 1.89. The Kier molecular flexibility index (Phi) is 3.92. The summed E-state index contributed by atoms with van der Waals surface area (Å²) in [6, 6.07) is 5.10. The minimum atomic E-state index is -1.04. The van der Waals surface area contributed by atoms with Gasteiger partial charge in [0.15, 0.2) is 5.78 Å². The number of benzene rings is 1. The average molecular weight is 237 g/mol. The van der Waals surface area contributed by atoms with Crippen LogP contribution in [0, 0.1) is 16.0 Å². The molecule has 0 aliphatic heterocycles. The van der Waals surface area contributed by atoms with Crippen molar-refractivity contribution in [2.45, 2.75) is 13.3 Å². The number of non-ortho nitro benzene ring substituents is 1. The minimum absolute atomic E-state index is 0.104. The summed E-state index contributed by atoms with van der Waals surface area (Å²) in [5.41, 5.74) is 0.177. The van der Waals surface area contributed by atoms with Gasteiger partial charge in [-0.3, -0.25) is 19.7 Å². The van der Waals surface area contributed by atoms with Gasteiger partial charge >= 0.3 is 5.97 Å². The van der Waals surface area contributed by atoms with Crippen LogP contribution >= 0.6 is 0 Å². The summed E-state index contributed by atoms with van der Waals surface area (Å²) in [6.45, 7) is 1.44. The topological polar surface area (TPSA) is 97.5 Å². The first-order valence-corrected chi connectivity index (χ1v) is 4.92. The molecule has 17 heavy (non-hydrogen) atoms. The molecule has 1 N–H and O–H groups in total. The zero-order valence-electron chi connectivity index (χ0n) is 9.12. The lowest BCUT2D eigenvalue weighted by atomic mass is 10.00. The van der Waals surface area contributed by atoms with Crippen molar-refractivity contribution < 1.29 is 19.6 Å². The number of carboxylic acid groups (broad SMARTS) is 1. The van der Waals surface area contributed by atoms with Gasteiger partial charge in [-0.25, -0.2) is 0 Å². The van der Waals surface area contributed by atoms with E-state index in [2.05, 4.69) is 0 Å². The molecular weight excluding hydrogens is 226 g/mol. The van der Waals surface area contributed by atoms with Gasteiger partial charge in [-0.05, 0) is 12.1 Å². The van der Waals surface area contributed by atoms with Crippen molar-refractivity contribution >= 4 is 17.4 Å². The lowest BCUT2D eigenvalue weighted by molar-refractivity contribution is -0.384. The molecule has 90 valence electrons. The Labute approximate surface area is 97.0 Å². The average Bonchev–Trinajstić information content (AvgIpc) is 2.28. The van der Waals surface area contributed by atoms with Crippen LogP contribution in [0.1, 0.15) is 23.7 Å². The molecule has 0 heterocycles. The van der Waals surface area contributed by atoms with E-state index in [1.807, 2.05) is 0 Å². The van der Waals surface area contributed by atoms with Crippen molar-refractivity contribution in [1.29, 1.82) is 0 Å². The molecular formula is C11H11NO5. The third kappa shape index (κ3) is 3.37. The number of carboxylic acids is 1. The van der Waals surface area contributed by atoms with E-state index in [0.717, 1.165) is 0 Å². The van der Waals surface area contributed by atoms with Gasteiger partial charge in [0.25, 0.3) is 5.69 Å². The van der Waals surface area contributed by atoms with Crippen LogP contribution in [0.2, 0.25) is 0 Å². The molecule has 0 amide bonds.